The molecule has 0 aliphatic rings. The zero-order valence-electron chi connectivity index (χ0n) is 13.9. The Morgan fingerprint density at radius 1 is 1.00 bits per heavy atom. The number of hydrogen-bond acceptors (Lipinski definition) is 4. The summed E-state index contributed by atoms with van der Waals surface area (Å²) in [6.45, 7) is 0. The van der Waals surface area contributed by atoms with E-state index in [9.17, 15) is 14.9 Å². The van der Waals surface area contributed by atoms with Gasteiger partial charge in [0.25, 0.3) is 5.69 Å². The van der Waals surface area contributed by atoms with Crippen molar-refractivity contribution in [3.8, 4) is 11.3 Å². The Morgan fingerprint density at radius 2 is 1.70 bits per heavy atom. The van der Waals surface area contributed by atoms with Crippen LogP contribution in [0.2, 0.25) is 0 Å². The fourth-order valence-electron chi connectivity index (χ4n) is 2.98. The molecule has 0 spiro atoms. The maximum Gasteiger partial charge on any atom is 0.278 e. The van der Waals surface area contributed by atoms with Gasteiger partial charge < -0.3 is 0 Å². The highest BCUT2D eigenvalue weighted by Crippen LogP contribution is 2.33. The van der Waals surface area contributed by atoms with Gasteiger partial charge in [-0.1, -0.05) is 34.1 Å². The molecule has 132 valence electrons. The average molecular weight is 422 g/mol. The van der Waals surface area contributed by atoms with Crippen molar-refractivity contribution in [1.82, 2.24) is 9.38 Å². The number of nitro benzene ring substituents is 1. The van der Waals surface area contributed by atoms with Crippen LogP contribution in [0.1, 0.15) is 16.1 Å². The van der Waals surface area contributed by atoms with Crippen LogP contribution in [0, 0.1) is 10.1 Å². The number of pyridine rings is 1. The van der Waals surface area contributed by atoms with Gasteiger partial charge in [0.1, 0.15) is 11.3 Å². The van der Waals surface area contributed by atoms with Crippen molar-refractivity contribution in [2.45, 2.75) is 0 Å². The van der Waals surface area contributed by atoms with E-state index < -0.39 is 4.92 Å². The summed E-state index contributed by atoms with van der Waals surface area (Å²) in [6, 6.07) is 18.6. The number of carbonyl (C=O) groups is 1. The van der Waals surface area contributed by atoms with E-state index in [-0.39, 0.29) is 17.2 Å². The molecule has 0 saturated carbocycles. The Bertz CT molecular complexity index is 1180. The summed E-state index contributed by atoms with van der Waals surface area (Å²) in [4.78, 5) is 28.7. The summed E-state index contributed by atoms with van der Waals surface area (Å²) in [5, 5.41) is 11.5. The van der Waals surface area contributed by atoms with Gasteiger partial charge in [-0.3, -0.25) is 19.3 Å². The minimum absolute atomic E-state index is 0.0759. The summed E-state index contributed by atoms with van der Waals surface area (Å²) in [6.07, 6.45) is 1.74. The van der Waals surface area contributed by atoms with Crippen LogP contribution in [0.5, 0.6) is 0 Å². The highest BCUT2D eigenvalue weighted by Gasteiger charge is 2.26. The molecule has 0 amide bonds. The van der Waals surface area contributed by atoms with E-state index in [0.717, 1.165) is 4.47 Å². The van der Waals surface area contributed by atoms with Crippen molar-refractivity contribution in [1.29, 1.82) is 0 Å². The molecule has 7 heteroatoms. The van der Waals surface area contributed by atoms with E-state index in [2.05, 4.69) is 20.9 Å². The molecule has 0 aliphatic heterocycles. The lowest BCUT2D eigenvalue weighted by molar-refractivity contribution is -0.384. The lowest BCUT2D eigenvalue weighted by atomic mass is 10.0. The van der Waals surface area contributed by atoms with E-state index in [0.29, 0.717) is 22.5 Å². The van der Waals surface area contributed by atoms with Gasteiger partial charge in [-0.05, 0) is 42.5 Å². The van der Waals surface area contributed by atoms with Crippen LogP contribution in [-0.2, 0) is 0 Å². The molecule has 2 heterocycles. The van der Waals surface area contributed by atoms with Crippen molar-refractivity contribution in [2.75, 3.05) is 0 Å². The molecule has 0 aliphatic carbocycles. The standard InChI is InChI=1S/C20H12BrN3O3/c21-14-10-8-13(9-11-14)20(25)18-19(23-12-4-3-7-17(23)22-18)15-5-1-2-6-16(15)24(26)27/h1-12H. The average Bonchev–Trinajstić information content (AvgIpc) is 3.07. The van der Waals surface area contributed by atoms with Crippen LogP contribution < -0.4 is 0 Å². The number of fused-ring (bicyclic) bond motifs is 1. The summed E-state index contributed by atoms with van der Waals surface area (Å²) in [5.74, 6) is -0.292. The molecular formula is C20H12BrN3O3. The van der Waals surface area contributed by atoms with Gasteiger partial charge in [-0.25, -0.2) is 4.98 Å². The highest BCUT2D eigenvalue weighted by atomic mass is 79.9. The highest BCUT2D eigenvalue weighted by molar-refractivity contribution is 9.10. The van der Waals surface area contributed by atoms with Crippen LogP contribution in [-0.4, -0.2) is 20.1 Å². The molecule has 6 nitrogen and oxygen atoms in total. The van der Waals surface area contributed by atoms with Crippen molar-refractivity contribution in [2.24, 2.45) is 0 Å². The molecule has 4 aromatic rings. The molecule has 0 bridgehead atoms. The lowest BCUT2D eigenvalue weighted by Gasteiger charge is -2.06. The molecule has 0 saturated heterocycles. The second kappa shape index (κ2) is 6.77. The first-order valence-corrected chi connectivity index (χ1v) is 8.86. The number of ketones is 1. The second-order valence-electron chi connectivity index (χ2n) is 5.85. The van der Waals surface area contributed by atoms with Crippen molar-refractivity contribution >= 4 is 33.0 Å². The Labute approximate surface area is 162 Å². The number of imidazole rings is 1. The zero-order chi connectivity index (χ0) is 19.0. The predicted molar refractivity (Wildman–Crippen MR) is 105 cm³/mol. The number of halogens is 1. The fourth-order valence-corrected chi connectivity index (χ4v) is 3.25. The van der Waals surface area contributed by atoms with Gasteiger partial charge >= 0.3 is 0 Å². The first kappa shape index (κ1) is 17.1. The molecule has 4 rings (SSSR count). The molecule has 0 fully saturated rings. The van der Waals surface area contributed by atoms with Crippen LogP contribution in [0.3, 0.4) is 0 Å². The molecule has 0 radical (unpaired) electrons. The predicted octanol–water partition coefficient (Wildman–Crippen LogP) is 4.90. The minimum Gasteiger partial charge on any atom is -0.299 e. The van der Waals surface area contributed by atoms with Crippen molar-refractivity contribution in [3.63, 3.8) is 0 Å². The van der Waals surface area contributed by atoms with Gasteiger partial charge in [-0.2, -0.15) is 0 Å². The number of benzene rings is 2. The van der Waals surface area contributed by atoms with Gasteiger partial charge in [0.2, 0.25) is 5.78 Å². The molecule has 2 aromatic heterocycles. The van der Waals surface area contributed by atoms with Crippen LogP contribution in [0.15, 0.2) is 77.4 Å². The number of aromatic nitrogens is 2. The second-order valence-corrected chi connectivity index (χ2v) is 6.76. The van der Waals surface area contributed by atoms with E-state index in [1.165, 1.54) is 6.07 Å². The molecule has 2 aromatic carbocycles. The number of carbonyl (C=O) groups excluding carboxylic acids is 1. The fraction of sp³-hybridized carbons (Fsp3) is 0. The first-order valence-electron chi connectivity index (χ1n) is 8.07. The molecule has 0 N–H and O–H groups in total. The van der Waals surface area contributed by atoms with Gasteiger partial charge in [0, 0.05) is 22.3 Å². The number of hydrogen-bond donors (Lipinski definition) is 0. The van der Waals surface area contributed by atoms with Crippen LogP contribution in [0.4, 0.5) is 5.69 Å². The van der Waals surface area contributed by atoms with Gasteiger partial charge in [0.05, 0.1) is 16.2 Å². The quantitative estimate of drug-likeness (QED) is 0.266. The Morgan fingerprint density at radius 3 is 2.44 bits per heavy atom. The lowest BCUT2D eigenvalue weighted by Crippen LogP contribution is -2.05. The number of rotatable bonds is 4. The van der Waals surface area contributed by atoms with Gasteiger partial charge in [-0.15, -0.1) is 0 Å². The summed E-state index contributed by atoms with van der Waals surface area (Å²) < 4.78 is 2.56. The third-order valence-corrected chi connectivity index (χ3v) is 4.74. The van der Waals surface area contributed by atoms with Crippen molar-refractivity contribution in [3.05, 3.63) is 98.8 Å². The first-order chi connectivity index (χ1) is 13.1. The topological polar surface area (TPSA) is 77.5 Å². The van der Waals surface area contributed by atoms with Crippen LogP contribution >= 0.6 is 15.9 Å². The van der Waals surface area contributed by atoms with E-state index in [1.807, 2.05) is 0 Å². The Hall–Kier alpha value is -3.32. The zero-order valence-corrected chi connectivity index (χ0v) is 15.5. The summed E-state index contributed by atoms with van der Waals surface area (Å²) >= 11 is 3.35. The largest absolute Gasteiger partial charge is 0.299 e. The Kier molecular flexibility index (Phi) is 4.29. The maximum atomic E-state index is 13.1. The van der Waals surface area contributed by atoms with E-state index >= 15 is 0 Å². The SMILES string of the molecule is O=C(c1ccc(Br)cc1)c1nc2ccccn2c1-c1ccccc1[N+](=O)[O-]. The monoisotopic (exact) mass is 421 g/mol. The normalized spacial score (nSPS) is 10.9. The smallest absolute Gasteiger partial charge is 0.278 e. The van der Waals surface area contributed by atoms with E-state index in [1.54, 1.807) is 71.3 Å². The minimum atomic E-state index is -0.453. The Balaban J connectivity index is 2.00. The number of nitro groups is 1. The summed E-state index contributed by atoms with van der Waals surface area (Å²) in [5.41, 5.74) is 1.87. The van der Waals surface area contributed by atoms with E-state index in [4.69, 9.17) is 0 Å². The third kappa shape index (κ3) is 3.02. The molecular weight excluding hydrogens is 410 g/mol. The number of para-hydroxylation sites is 1. The van der Waals surface area contributed by atoms with Crippen molar-refractivity contribution < 1.29 is 9.72 Å². The molecule has 0 atom stereocenters. The third-order valence-electron chi connectivity index (χ3n) is 4.21. The summed E-state index contributed by atoms with van der Waals surface area (Å²) in [7, 11) is 0. The van der Waals surface area contributed by atoms with Gasteiger partial charge in [0.15, 0.2) is 0 Å². The molecule has 27 heavy (non-hydrogen) atoms. The number of nitrogens with zero attached hydrogens (tertiary/aromatic N) is 3. The van der Waals surface area contributed by atoms with Crippen LogP contribution in [0.25, 0.3) is 16.9 Å². The maximum absolute atomic E-state index is 13.1. The molecule has 0 unspecified atom stereocenters.